The molecule has 8 nitrogen and oxygen atoms in total. The Morgan fingerprint density at radius 3 is 2.13 bits per heavy atom. The number of aliphatic carboxylic acids is 1. The van der Waals surface area contributed by atoms with E-state index < -0.39 is 42.6 Å². The number of carboxylic acid groups (broad SMARTS) is 1. The fourth-order valence-electron chi connectivity index (χ4n) is 2.70. The average molecular weight is 433 g/mol. The normalized spacial score (nSPS) is 17.9. The van der Waals surface area contributed by atoms with Gasteiger partial charge in [0, 0.05) is 6.54 Å². The monoisotopic (exact) mass is 433 g/mol. The highest BCUT2D eigenvalue weighted by atomic mass is 16.7. The third kappa shape index (κ3) is 7.29. The molecule has 1 saturated heterocycles. The van der Waals surface area contributed by atoms with Crippen LogP contribution in [0.3, 0.4) is 0 Å². The summed E-state index contributed by atoms with van der Waals surface area (Å²) in [5.41, 5.74) is -0.138. The van der Waals surface area contributed by atoms with Crippen molar-refractivity contribution >= 4 is 25.3 Å². The van der Waals surface area contributed by atoms with Crippen molar-refractivity contribution in [1.82, 2.24) is 5.32 Å². The van der Waals surface area contributed by atoms with E-state index in [0.717, 1.165) is 5.56 Å². The molecule has 0 aromatic heterocycles. The molecule has 0 radical (unpaired) electrons. The minimum absolute atomic E-state index is 0.170. The maximum absolute atomic E-state index is 12.2. The number of hydrogen-bond acceptors (Lipinski definition) is 6. The molecule has 1 aromatic rings. The summed E-state index contributed by atoms with van der Waals surface area (Å²) < 4.78 is 22.8. The molecule has 0 spiro atoms. The van der Waals surface area contributed by atoms with Gasteiger partial charge in [0.25, 0.3) is 0 Å². The molecule has 1 aliphatic rings. The molecule has 31 heavy (non-hydrogen) atoms. The number of rotatable bonds is 7. The predicted octanol–water partition coefficient (Wildman–Crippen LogP) is 3.69. The molecule has 1 aromatic carbocycles. The number of nitrogens with one attached hydrogen (secondary N) is 1. The second-order valence-electron chi connectivity index (χ2n) is 9.41. The van der Waals surface area contributed by atoms with Gasteiger partial charge in [-0.2, -0.15) is 0 Å². The average Bonchev–Trinajstić information content (AvgIpc) is 2.83. The number of carboxylic acids is 1. The predicted molar refractivity (Wildman–Crippen MR) is 118 cm³/mol. The van der Waals surface area contributed by atoms with E-state index in [4.69, 9.17) is 23.9 Å². The van der Waals surface area contributed by atoms with Crippen molar-refractivity contribution in [1.29, 1.82) is 0 Å². The molecule has 2 N–H and O–H groups in total. The first-order valence-electron chi connectivity index (χ1n) is 10.2. The lowest BCUT2D eigenvalue weighted by atomic mass is 9.77. The Morgan fingerprint density at radius 1 is 1.10 bits per heavy atom. The van der Waals surface area contributed by atoms with E-state index in [1.807, 2.05) is 33.8 Å². The van der Waals surface area contributed by atoms with Crippen molar-refractivity contribution in [3.63, 3.8) is 0 Å². The highest BCUT2D eigenvalue weighted by Crippen LogP contribution is 2.38. The molecule has 1 heterocycles. The summed E-state index contributed by atoms with van der Waals surface area (Å²) in [5.74, 6) is -0.594. The van der Waals surface area contributed by atoms with E-state index in [0.29, 0.717) is 11.2 Å². The fourth-order valence-corrected chi connectivity index (χ4v) is 2.70. The first-order valence-corrected chi connectivity index (χ1v) is 10.2. The number of carbonyl (C=O) groups excluding carboxylic acids is 1. The highest BCUT2D eigenvalue weighted by Gasteiger charge is 2.52. The maximum Gasteiger partial charge on any atom is 0.492 e. The van der Waals surface area contributed by atoms with Gasteiger partial charge in [0.2, 0.25) is 0 Å². The van der Waals surface area contributed by atoms with E-state index in [-0.39, 0.29) is 6.54 Å². The Morgan fingerprint density at radius 2 is 1.65 bits per heavy atom. The Balaban J connectivity index is 2.21. The molecule has 1 amide bonds. The second-order valence-corrected chi connectivity index (χ2v) is 9.41. The number of alkyl carbamates (subject to hydrolysis) is 1. The molecule has 0 bridgehead atoms. The Hall–Kier alpha value is -2.52. The molecule has 0 aliphatic carbocycles. The summed E-state index contributed by atoms with van der Waals surface area (Å²) in [4.78, 5) is 22.8. The van der Waals surface area contributed by atoms with Gasteiger partial charge in [-0.25, -0.2) is 9.59 Å². The van der Waals surface area contributed by atoms with Crippen molar-refractivity contribution in [3.8, 4) is 5.75 Å². The summed E-state index contributed by atoms with van der Waals surface area (Å²) in [7, 11) is -0.650. The van der Waals surface area contributed by atoms with Crippen molar-refractivity contribution in [2.24, 2.45) is 0 Å². The van der Waals surface area contributed by atoms with Crippen LogP contribution >= 0.6 is 0 Å². The molecule has 1 fully saturated rings. The van der Waals surface area contributed by atoms with Crippen LogP contribution in [0.15, 0.2) is 29.7 Å². The smallest absolute Gasteiger partial charge is 0.482 e. The molecule has 0 saturated carbocycles. The largest absolute Gasteiger partial charge is 0.492 e. The van der Waals surface area contributed by atoms with Crippen LogP contribution in [0.25, 0.3) is 6.08 Å². The SMILES string of the molecule is CC(C)(C)OC(=O)NCC(=Cc1ccc(OCC(=O)O)cc1)B1OC(C)(C)C(C)(C)O1. The molecule has 1 aliphatic heterocycles. The van der Waals surface area contributed by atoms with E-state index in [1.54, 1.807) is 45.0 Å². The van der Waals surface area contributed by atoms with Crippen LogP contribution in [0.2, 0.25) is 0 Å². The number of benzene rings is 1. The van der Waals surface area contributed by atoms with Crippen molar-refractivity contribution in [3.05, 3.63) is 35.3 Å². The maximum atomic E-state index is 12.2. The molecular formula is C22H32BNO7. The van der Waals surface area contributed by atoms with Gasteiger partial charge in [-0.05, 0) is 71.6 Å². The second kappa shape index (κ2) is 9.32. The van der Waals surface area contributed by atoms with Gasteiger partial charge in [0.1, 0.15) is 11.4 Å². The third-order valence-electron chi connectivity index (χ3n) is 4.99. The van der Waals surface area contributed by atoms with Crippen LogP contribution in [-0.2, 0) is 18.8 Å². The summed E-state index contributed by atoms with van der Waals surface area (Å²) in [5, 5.41) is 11.5. The molecular weight excluding hydrogens is 401 g/mol. The standard InChI is InChI=1S/C22H32BNO7/c1-20(2,3)29-19(27)24-13-16(23-30-21(4,5)22(6,7)31-23)12-15-8-10-17(11-9-15)28-14-18(25)26/h8-12H,13-14H2,1-7H3,(H,24,27)(H,25,26). The van der Waals surface area contributed by atoms with Crippen LogP contribution in [0.4, 0.5) is 4.79 Å². The Kier molecular flexibility index (Phi) is 7.44. The summed E-state index contributed by atoms with van der Waals surface area (Å²) in [6.45, 7) is 13.0. The lowest BCUT2D eigenvalue weighted by Crippen LogP contribution is -2.41. The topological polar surface area (TPSA) is 103 Å². The lowest BCUT2D eigenvalue weighted by Gasteiger charge is -2.32. The van der Waals surface area contributed by atoms with Gasteiger partial charge in [0.15, 0.2) is 6.61 Å². The van der Waals surface area contributed by atoms with Crippen LogP contribution in [0.1, 0.15) is 54.0 Å². The lowest BCUT2D eigenvalue weighted by molar-refractivity contribution is -0.139. The van der Waals surface area contributed by atoms with Crippen molar-refractivity contribution in [2.75, 3.05) is 13.2 Å². The van der Waals surface area contributed by atoms with Gasteiger partial charge in [-0.1, -0.05) is 18.2 Å². The number of amides is 1. The third-order valence-corrected chi connectivity index (χ3v) is 4.99. The van der Waals surface area contributed by atoms with Gasteiger partial charge in [0.05, 0.1) is 11.2 Å². The van der Waals surface area contributed by atoms with Crippen molar-refractivity contribution in [2.45, 2.75) is 65.3 Å². The van der Waals surface area contributed by atoms with Crippen LogP contribution in [-0.4, -0.2) is 54.2 Å². The number of ether oxygens (including phenoxy) is 2. The quantitative estimate of drug-likeness (QED) is 0.632. The van der Waals surface area contributed by atoms with Crippen LogP contribution < -0.4 is 10.1 Å². The first kappa shape index (κ1) is 24.8. The van der Waals surface area contributed by atoms with E-state index in [9.17, 15) is 9.59 Å². The minimum atomic E-state index is -1.04. The van der Waals surface area contributed by atoms with Gasteiger partial charge in [-0.3, -0.25) is 0 Å². The van der Waals surface area contributed by atoms with Gasteiger partial charge < -0.3 is 29.2 Å². The van der Waals surface area contributed by atoms with E-state index in [2.05, 4.69) is 5.32 Å². The summed E-state index contributed by atoms with van der Waals surface area (Å²) in [6.07, 6.45) is 1.33. The van der Waals surface area contributed by atoms with Crippen molar-refractivity contribution < 1.29 is 33.5 Å². The zero-order valence-corrected chi connectivity index (χ0v) is 19.3. The van der Waals surface area contributed by atoms with Gasteiger partial charge in [-0.15, -0.1) is 0 Å². The van der Waals surface area contributed by atoms with E-state index >= 15 is 0 Å². The molecule has 9 heteroatoms. The molecule has 0 unspecified atom stereocenters. The fraction of sp³-hybridized carbons (Fsp3) is 0.545. The Labute approximate surface area is 184 Å². The molecule has 0 atom stereocenters. The van der Waals surface area contributed by atoms with Crippen LogP contribution in [0.5, 0.6) is 5.75 Å². The summed E-state index contributed by atoms with van der Waals surface area (Å²) in [6, 6.07) is 6.93. The van der Waals surface area contributed by atoms with E-state index in [1.165, 1.54) is 0 Å². The highest BCUT2D eigenvalue weighted by molar-refractivity contribution is 6.56. The van der Waals surface area contributed by atoms with Gasteiger partial charge >= 0.3 is 19.2 Å². The molecule has 170 valence electrons. The zero-order chi connectivity index (χ0) is 23.4. The first-order chi connectivity index (χ1) is 14.2. The summed E-state index contributed by atoms with van der Waals surface area (Å²) >= 11 is 0. The number of carbonyl (C=O) groups is 2. The van der Waals surface area contributed by atoms with Crippen LogP contribution in [0, 0.1) is 0 Å². The molecule has 2 rings (SSSR count). The Bertz CT molecular complexity index is 809. The number of hydrogen-bond donors (Lipinski definition) is 2. The zero-order valence-electron chi connectivity index (χ0n) is 19.3. The minimum Gasteiger partial charge on any atom is -0.482 e.